The van der Waals surface area contributed by atoms with Gasteiger partial charge < -0.3 is 0 Å². The second-order valence-corrected chi connectivity index (χ2v) is 6.69. The van der Waals surface area contributed by atoms with E-state index in [1.54, 1.807) is 13.8 Å². The molecule has 8 heteroatoms. The van der Waals surface area contributed by atoms with Crippen molar-refractivity contribution >= 4 is 23.5 Å². The summed E-state index contributed by atoms with van der Waals surface area (Å²) in [4.78, 5) is 33.0. The molecule has 2 aromatic rings. The van der Waals surface area contributed by atoms with Crippen LogP contribution >= 0.6 is 23.5 Å². The van der Waals surface area contributed by atoms with Crippen LogP contribution < -0.4 is 11.1 Å². The van der Waals surface area contributed by atoms with E-state index in [4.69, 9.17) is 0 Å². The van der Waals surface area contributed by atoms with E-state index in [-0.39, 0.29) is 17.8 Å². The van der Waals surface area contributed by atoms with Crippen molar-refractivity contribution in [2.75, 3.05) is 5.08 Å². The van der Waals surface area contributed by atoms with Gasteiger partial charge in [-0.05, 0) is 13.8 Å². The third-order valence-electron chi connectivity index (χ3n) is 2.86. The molecule has 3 heterocycles. The van der Waals surface area contributed by atoms with Crippen molar-refractivity contribution in [2.45, 2.75) is 30.8 Å². The second kappa shape index (κ2) is 5.10. The predicted octanol–water partition coefficient (Wildman–Crippen LogP) is 1.08. The number of aryl methyl sites for hydroxylation is 2. The Morgan fingerprint density at radius 1 is 0.950 bits per heavy atom. The van der Waals surface area contributed by atoms with E-state index in [1.807, 2.05) is 0 Å². The topological polar surface area (TPSA) is 69.8 Å². The third-order valence-corrected chi connectivity index (χ3v) is 4.94. The van der Waals surface area contributed by atoms with Crippen molar-refractivity contribution in [3.8, 4) is 0 Å². The molecule has 0 N–H and O–H groups in total. The van der Waals surface area contributed by atoms with Crippen LogP contribution in [0, 0.1) is 13.8 Å². The summed E-state index contributed by atoms with van der Waals surface area (Å²) in [6.07, 6.45) is 0. The van der Waals surface area contributed by atoms with Gasteiger partial charge in [0, 0.05) is 23.5 Å². The molecule has 0 amide bonds. The van der Waals surface area contributed by atoms with Crippen molar-refractivity contribution in [3.63, 3.8) is 0 Å². The van der Waals surface area contributed by atoms with Gasteiger partial charge in [-0.1, -0.05) is 23.5 Å². The highest BCUT2D eigenvalue weighted by Gasteiger charge is 2.16. The molecule has 2 aromatic heterocycles. The van der Waals surface area contributed by atoms with Crippen LogP contribution in [0.4, 0.5) is 0 Å². The van der Waals surface area contributed by atoms with Crippen molar-refractivity contribution in [2.24, 2.45) is 0 Å². The molecule has 0 atom stereocenters. The molecule has 1 aliphatic heterocycles. The maximum Gasteiger partial charge on any atom is 0.255 e. The Kier molecular flexibility index (Phi) is 3.43. The number of nitrogens with zero attached hydrogens (tertiary/aromatic N) is 4. The molecule has 1 aliphatic rings. The normalized spacial score (nSPS) is 14.1. The quantitative estimate of drug-likeness (QED) is 0.678. The molecule has 0 fully saturated rings. The highest BCUT2D eigenvalue weighted by molar-refractivity contribution is 8.15. The Morgan fingerprint density at radius 3 is 1.85 bits per heavy atom. The van der Waals surface area contributed by atoms with Gasteiger partial charge >= 0.3 is 0 Å². The van der Waals surface area contributed by atoms with Gasteiger partial charge in [-0.3, -0.25) is 18.7 Å². The molecule has 0 radical (unpaired) electrons. The molecule has 104 valence electrons. The summed E-state index contributed by atoms with van der Waals surface area (Å²) in [6, 6.07) is 2.95. The van der Waals surface area contributed by atoms with Crippen LogP contribution in [-0.2, 0) is 6.67 Å². The fourth-order valence-electron chi connectivity index (χ4n) is 1.95. The standard InChI is InChI=1S/C12H12N4O2S2/c1-7-3-9(17)15-5-16-10(18)4-8(2)14-12(16)20-6-19-11(15)13-7/h3-4H,5-6H2,1-2H3. The maximum absolute atomic E-state index is 12.1. The lowest BCUT2D eigenvalue weighted by molar-refractivity contribution is 0.471. The van der Waals surface area contributed by atoms with Crippen LogP contribution in [0.5, 0.6) is 0 Å². The lowest BCUT2D eigenvalue weighted by Gasteiger charge is -2.18. The van der Waals surface area contributed by atoms with E-state index in [9.17, 15) is 9.59 Å². The molecule has 20 heavy (non-hydrogen) atoms. The van der Waals surface area contributed by atoms with Crippen LogP contribution in [0.1, 0.15) is 11.4 Å². The number of hydrogen-bond acceptors (Lipinski definition) is 6. The van der Waals surface area contributed by atoms with Gasteiger partial charge in [-0.25, -0.2) is 9.97 Å². The third kappa shape index (κ3) is 2.40. The summed E-state index contributed by atoms with van der Waals surface area (Å²) in [5.74, 6) is 0. The van der Waals surface area contributed by atoms with Crippen LogP contribution in [0.15, 0.2) is 32.0 Å². The van der Waals surface area contributed by atoms with Crippen LogP contribution in [0.3, 0.4) is 0 Å². The fraction of sp³-hybridized carbons (Fsp3) is 0.333. The van der Waals surface area contributed by atoms with Crippen molar-refractivity contribution < 1.29 is 0 Å². The van der Waals surface area contributed by atoms with E-state index in [2.05, 4.69) is 9.97 Å². The van der Waals surface area contributed by atoms with E-state index >= 15 is 0 Å². The molecule has 0 saturated carbocycles. The highest BCUT2D eigenvalue weighted by Crippen LogP contribution is 2.27. The Bertz CT molecular complexity index is 732. The first kappa shape index (κ1) is 13.4. The van der Waals surface area contributed by atoms with Crippen LogP contribution in [-0.4, -0.2) is 24.2 Å². The number of hydrogen-bond donors (Lipinski definition) is 0. The maximum atomic E-state index is 12.1. The SMILES string of the molecule is Cc1cc(=O)n2c(n1)SCSc1nc(C)cc(=O)n1C2. The first-order valence-corrected chi connectivity index (χ1v) is 7.94. The molecule has 0 aliphatic carbocycles. The van der Waals surface area contributed by atoms with Gasteiger partial charge in [0.2, 0.25) is 0 Å². The molecule has 0 bridgehead atoms. The molecule has 0 aromatic carbocycles. The van der Waals surface area contributed by atoms with Gasteiger partial charge in [-0.2, -0.15) is 0 Å². The van der Waals surface area contributed by atoms with Crippen LogP contribution in [0.25, 0.3) is 0 Å². The Balaban J connectivity index is 2.21. The zero-order valence-electron chi connectivity index (χ0n) is 11.0. The number of aromatic nitrogens is 4. The summed E-state index contributed by atoms with van der Waals surface area (Å²) in [5, 5.41) is 1.94. The zero-order chi connectivity index (χ0) is 14.3. The number of thioether (sulfide) groups is 2. The second-order valence-electron chi connectivity index (χ2n) is 4.44. The highest BCUT2D eigenvalue weighted by atomic mass is 32.2. The summed E-state index contributed by atoms with van der Waals surface area (Å²) in [7, 11) is 0. The zero-order valence-corrected chi connectivity index (χ0v) is 12.6. The minimum atomic E-state index is -0.148. The number of rotatable bonds is 0. The molecule has 0 unspecified atom stereocenters. The number of fused-ring (bicyclic) bond motifs is 2. The molecular formula is C12H12N4O2S2. The fourth-order valence-corrected chi connectivity index (χ4v) is 4.05. The van der Waals surface area contributed by atoms with Gasteiger partial charge in [0.15, 0.2) is 10.3 Å². The van der Waals surface area contributed by atoms with Gasteiger partial charge in [-0.15, -0.1) is 0 Å². The van der Waals surface area contributed by atoms with Crippen molar-refractivity contribution in [3.05, 3.63) is 44.2 Å². The molecule has 0 spiro atoms. The van der Waals surface area contributed by atoms with E-state index in [0.29, 0.717) is 26.8 Å². The summed E-state index contributed by atoms with van der Waals surface area (Å²) >= 11 is 2.97. The minimum absolute atomic E-state index is 0.148. The Hall–Kier alpha value is -1.54. The van der Waals surface area contributed by atoms with E-state index in [1.165, 1.54) is 44.8 Å². The molecule has 6 nitrogen and oxygen atoms in total. The first-order chi connectivity index (χ1) is 9.54. The monoisotopic (exact) mass is 308 g/mol. The largest absolute Gasteiger partial charge is 0.269 e. The molecule has 0 saturated heterocycles. The summed E-state index contributed by atoms with van der Waals surface area (Å²) in [6.45, 7) is 3.74. The summed E-state index contributed by atoms with van der Waals surface area (Å²) < 4.78 is 3.03. The minimum Gasteiger partial charge on any atom is -0.269 e. The average molecular weight is 308 g/mol. The van der Waals surface area contributed by atoms with Crippen molar-refractivity contribution in [1.82, 2.24) is 19.1 Å². The lowest BCUT2D eigenvalue weighted by Crippen LogP contribution is -2.33. The Labute approximate surface area is 123 Å². The van der Waals surface area contributed by atoms with Gasteiger partial charge in [0.1, 0.15) is 6.67 Å². The smallest absolute Gasteiger partial charge is 0.255 e. The average Bonchev–Trinajstić information content (AvgIpc) is 2.32. The Morgan fingerprint density at radius 2 is 1.40 bits per heavy atom. The van der Waals surface area contributed by atoms with Gasteiger partial charge in [0.05, 0.1) is 5.08 Å². The van der Waals surface area contributed by atoms with Crippen molar-refractivity contribution in [1.29, 1.82) is 0 Å². The summed E-state index contributed by atoms with van der Waals surface area (Å²) in [5.41, 5.74) is 1.08. The van der Waals surface area contributed by atoms with E-state index < -0.39 is 0 Å². The lowest BCUT2D eigenvalue weighted by atomic mass is 10.4. The first-order valence-electron chi connectivity index (χ1n) is 5.97. The predicted molar refractivity (Wildman–Crippen MR) is 78.4 cm³/mol. The molecule has 3 rings (SSSR count). The van der Waals surface area contributed by atoms with E-state index in [0.717, 1.165) is 0 Å². The van der Waals surface area contributed by atoms with Crippen LogP contribution in [0.2, 0.25) is 0 Å². The van der Waals surface area contributed by atoms with Gasteiger partial charge in [0.25, 0.3) is 11.1 Å². The molecular weight excluding hydrogens is 296 g/mol.